The molecule has 0 heteroatoms. The van der Waals surface area contributed by atoms with Crippen LogP contribution in [0.3, 0.4) is 0 Å². The molecule has 3 atom stereocenters. The van der Waals surface area contributed by atoms with Gasteiger partial charge < -0.3 is 0 Å². The van der Waals surface area contributed by atoms with Gasteiger partial charge in [-0.05, 0) is 35.5 Å². The predicted octanol–water partition coefficient (Wildman–Crippen LogP) is 6.01. The van der Waals surface area contributed by atoms with Crippen LogP contribution < -0.4 is 0 Å². The lowest BCUT2D eigenvalue weighted by Gasteiger charge is -2.41. The Balaban J connectivity index is 5.08. The van der Waals surface area contributed by atoms with E-state index in [1.807, 2.05) is 0 Å². The summed E-state index contributed by atoms with van der Waals surface area (Å²) in [5, 5.41) is 0. The molecule has 3 unspecified atom stereocenters. The molecule has 17 heavy (non-hydrogen) atoms. The molecule has 104 valence electrons. The van der Waals surface area contributed by atoms with Gasteiger partial charge >= 0.3 is 0 Å². The Morgan fingerprint density at radius 1 is 0.588 bits per heavy atom. The van der Waals surface area contributed by atoms with Crippen molar-refractivity contribution in [2.75, 3.05) is 0 Å². The maximum Gasteiger partial charge on any atom is -0.0329 e. The van der Waals surface area contributed by atoms with Crippen LogP contribution in [0.1, 0.15) is 74.7 Å². The summed E-state index contributed by atoms with van der Waals surface area (Å²) >= 11 is 0. The lowest BCUT2D eigenvalue weighted by Crippen LogP contribution is -2.35. The number of hydrogen-bond acceptors (Lipinski definition) is 0. The van der Waals surface area contributed by atoms with Crippen molar-refractivity contribution in [3.8, 4) is 0 Å². The lowest BCUT2D eigenvalue weighted by molar-refractivity contribution is 0.0743. The van der Waals surface area contributed by atoms with E-state index in [0.29, 0.717) is 0 Å². The molecule has 0 N–H and O–H groups in total. The first kappa shape index (κ1) is 17.0. The van der Waals surface area contributed by atoms with Crippen LogP contribution in [-0.4, -0.2) is 0 Å². The zero-order chi connectivity index (χ0) is 13.6. The van der Waals surface area contributed by atoms with E-state index < -0.39 is 0 Å². The molecule has 0 aliphatic carbocycles. The van der Waals surface area contributed by atoms with Gasteiger partial charge in [-0.25, -0.2) is 0 Å². The first-order valence-corrected chi connectivity index (χ1v) is 7.90. The molecule has 0 aliphatic heterocycles. The highest BCUT2D eigenvalue weighted by Crippen LogP contribution is 2.41. The van der Waals surface area contributed by atoms with Crippen LogP contribution in [0.25, 0.3) is 0 Å². The molecule has 0 fully saturated rings. The molecule has 0 radical (unpaired) electrons. The van der Waals surface area contributed by atoms with E-state index in [2.05, 4.69) is 55.4 Å². The van der Waals surface area contributed by atoms with Gasteiger partial charge in [0.1, 0.15) is 0 Å². The largest absolute Gasteiger partial charge is 0.0651 e. The molecule has 0 bridgehead atoms. The average molecular weight is 240 g/mol. The lowest BCUT2D eigenvalue weighted by atomic mass is 9.64. The SMILES string of the molecule is CCC(C)C(C(C)C)C(C(C)C)C(CC)CC. The summed E-state index contributed by atoms with van der Waals surface area (Å²) in [5.41, 5.74) is 0. The summed E-state index contributed by atoms with van der Waals surface area (Å²) in [4.78, 5) is 0. The molecule has 0 aromatic heterocycles. The summed E-state index contributed by atoms with van der Waals surface area (Å²) in [6.45, 7) is 19.3. The Labute approximate surface area is 111 Å². The third kappa shape index (κ3) is 4.64. The Kier molecular flexibility index (Phi) is 8.16. The van der Waals surface area contributed by atoms with Crippen LogP contribution in [0, 0.1) is 35.5 Å². The fraction of sp³-hybridized carbons (Fsp3) is 1.00. The Morgan fingerprint density at radius 3 is 1.24 bits per heavy atom. The minimum atomic E-state index is 0.818. The normalized spacial score (nSPS) is 17.8. The summed E-state index contributed by atoms with van der Waals surface area (Å²) in [6.07, 6.45) is 4.02. The van der Waals surface area contributed by atoms with Crippen molar-refractivity contribution in [3.05, 3.63) is 0 Å². The molecule has 0 heterocycles. The second-order valence-corrected chi connectivity index (χ2v) is 6.60. The van der Waals surface area contributed by atoms with Gasteiger partial charge in [-0.3, -0.25) is 0 Å². The fourth-order valence-electron chi connectivity index (χ4n) is 3.89. The van der Waals surface area contributed by atoms with Crippen LogP contribution in [-0.2, 0) is 0 Å². The molecule has 0 aromatic carbocycles. The average Bonchev–Trinajstić information content (AvgIpc) is 2.27. The van der Waals surface area contributed by atoms with Crippen molar-refractivity contribution in [1.29, 1.82) is 0 Å². The topological polar surface area (TPSA) is 0 Å². The maximum atomic E-state index is 2.46. The maximum absolute atomic E-state index is 2.46. The van der Waals surface area contributed by atoms with Gasteiger partial charge in [-0.2, -0.15) is 0 Å². The monoisotopic (exact) mass is 240 g/mol. The first-order valence-electron chi connectivity index (χ1n) is 7.90. The molecular formula is C17H36. The van der Waals surface area contributed by atoms with E-state index in [1.54, 1.807) is 0 Å². The van der Waals surface area contributed by atoms with E-state index in [1.165, 1.54) is 19.3 Å². The summed E-state index contributed by atoms with van der Waals surface area (Å²) in [6, 6.07) is 0. The van der Waals surface area contributed by atoms with Gasteiger partial charge in [0, 0.05) is 0 Å². The van der Waals surface area contributed by atoms with E-state index in [-0.39, 0.29) is 0 Å². The fourth-order valence-corrected chi connectivity index (χ4v) is 3.89. The highest BCUT2D eigenvalue weighted by molar-refractivity contribution is 4.83. The summed E-state index contributed by atoms with van der Waals surface area (Å²) < 4.78 is 0. The zero-order valence-corrected chi connectivity index (χ0v) is 13.6. The molecule has 0 saturated heterocycles. The van der Waals surface area contributed by atoms with E-state index in [9.17, 15) is 0 Å². The van der Waals surface area contributed by atoms with E-state index in [0.717, 1.165) is 35.5 Å². The van der Waals surface area contributed by atoms with Crippen molar-refractivity contribution < 1.29 is 0 Å². The minimum Gasteiger partial charge on any atom is -0.0651 e. The van der Waals surface area contributed by atoms with Crippen LogP contribution in [0.15, 0.2) is 0 Å². The second kappa shape index (κ2) is 8.16. The standard InChI is InChI=1S/C17H36/c1-9-14(8)16(12(4)5)17(13(6)7)15(10-2)11-3/h12-17H,9-11H2,1-8H3. The number of rotatable bonds is 8. The first-order chi connectivity index (χ1) is 7.90. The number of hydrogen-bond donors (Lipinski definition) is 0. The van der Waals surface area contributed by atoms with Gasteiger partial charge in [0.05, 0.1) is 0 Å². The molecule has 0 amide bonds. The predicted molar refractivity (Wildman–Crippen MR) is 80.2 cm³/mol. The van der Waals surface area contributed by atoms with Crippen LogP contribution >= 0.6 is 0 Å². The van der Waals surface area contributed by atoms with Crippen molar-refractivity contribution in [3.63, 3.8) is 0 Å². The summed E-state index contributed by atoms with van der Waals surface area (Å²) in [5.74, 6) is 5.21. The van der Waals surface area contributed by atoms with Gasteiger partial charge in [-0.1, -0.05) is 74.7 Å². The van der Waals surface area contributed by atoms with Crippen molar-refractivity contribution in [2.45, 2.75) is 74.7 Å². The Hall–Kier alpha value is 0. The van der Waals surface area contributed by atoms with Gasteiger partial charge in [0.25, 0.3) is 0 Å². The van der Waals surface area contributed by atoms with Gasteiger partial charge in [0.15, 0.2) is 0 Å². The van der Waals surface area contributed by atoms with E-state index in [4.69, 9.17) is 0 Å². The smallest absolute Gasteiger partial charge is 0.0329 e. The minimum absolute atomic E-state index is 0.818. The second-order valence-electron chi connectivity index (χ2n) is 6.60. The van der Waals surface area contributed by atoms with Gasteiger partial charge in [-0.15, -0.1) is 0 Å². The molecule has 0 saturated carbocycles. The highest BCUT2D eigenvalue weighted by atomic mass is 14.4. The zero-order valence-electron chi connectivity index (χ0n) is 13.6. The molecular weight excluding hydrogens is 204 g/mol. The van der Waals surface area contributed by atoms with Crippen molar-refractivity contribution in [1.82, 2.24) is 0 Å². The molecule has 0 nitrogen and oxygen atoms in total. The molecule has 0 aromatic rings. The highest BCUT2D eigenvalue weighted by Gasteiger charge is 2.34. The van der Waals surface area contributed by atoms with Gasteiger partial charge in [0.2, 0.25) is 0 Å². The molecule has 0 rings (SSSR count). The van der Waals surface area contributed by atoms with Crippen molar-refractivity contribution in [2.24, 2.45) is 35.5 Å². The quantitative estimate of drug-likeness (QED) is 0.487. The van der Waals surface area contributed by atoms with Crippen LogP contribution in [0.2, 0.25) is 0 Å². The van der Waals surface area contributed by atoms with Crippen molar-refractivity contribution >= 4 is 0 Å². The summed E-state index contributed by atoms with van der Waals surface area (Å²) in [7, 11) is 0. The van der Waals surface area contributed by atoms with E-state index >= 15 is 0 Å². The Morgan fingerprint density at radius 2 is 1.00 bits per heavy atom. The third-order valence-electron chi connectivity index (χ3n) is 4.88. The van der Waals surface area contributed by atoms with Crippen LogP contribution in [0.5, 0.6) is 0 Å². The molecule has 0 aliphatic rings. The molecule has 0 spiro atoms. The van der Waals surface area contributed by atoms with Crippen LogP contribution in [0.4, 0.5) is 0 Å². The Bertz CT molecular complexity index is 176. The third-order valence-corrected chi connectivity index (χ3v) is 4.88.